The van der Waals surface area contributed by atoms with Gasteiger partial charge in [0.25, 0.3) is 0 Å². The molecule has 1 aromatic carbocycles. The van der Waals surface area contributed by atoms with Gasteiger partial charge in [0.05, 0.1) is 11.6 Å². The molecule has 1 aromatic rings. The molecule has 17 heavy (non-hydrogen) atoms. The normalized spacial score (nSPS) is 17.9. The maximum absolute atomic E-state index is 9.02. The van der Waals surface area contributed by atoms with Crippen molar-refractivity contribution in [3.63, 3.8) is 0 Å². The summed E-state index contributed by atoms with van der Waals surface area (Å²) in [6.07, 6.45) is 5.47. The monoisotopic (exact) mass is 228 g/mol. The second-order valence-corrected chi connectivity index (χ2v) is 4.98. The van der Waals surface area contributed by atoms with Gasteiger partial charge in [-0.15, -0.1) is 0 Å². The van der Waals surface area contributed by atoms with E-state index in [1.165, 1.54) is 25.7 Å². The zero-order valence-corrected chi connectivity index (χ0v) is 10.4. The molecule has 0 spiro atoms. The minimum absolute atomic E-state index is 0.559. The summed E-state index contributed by atoms with van der Waals surface area (Å²) in [5, 5.41) is 12.6. The highest BCUT2D eigenvalue weighted by Gasteiger charge is 2.20. The van der Waals surface area contributed by atoms with Crippen LogP contribution in [0.15, 0.2) is 24.3 Å². The van der Waals surface area contributed by atoms with Crippen molar-refractivity contribution in [2.45, 2.75) is 45.2 Å². The first-order valence-electron chi connectivity index (χ1n) is 6.52. The second-order valence-electron chi connectivity index (χ2n) is 4.98. The minimum Gasteiger partial charge on any atom is -0.310 e. The topological polar surface area (TPSA) is 35.8 Å². The molecule has 0 saturated heterocycles. The fraction of sp³-hybridized carbons (Fsp3) is 0.533. The average molecular weight is 228 g/mol. The van der Waals surface area contributed by atoms with Crippen molar-refractivity contribution >= 4 is 0 Å². The molecule has 0 aromatic heterocycles. The van der Waals surface area contributed by atoms with E-state index in [1.54, 1.807) is 0 Å². The van der Waals surface area contributed by atoms with Crippen LogP contribution in [-0.2, 0) is 6.54 Å². The molecule has 1 N–H and O–H groups in total. The molecule has 0 aliphatic heterocycles. The maximum atomic E-state index is 9.02. The molecule has 2 heteroatoms. The molecule has 2 nitrogen and oxygen atoms in total. The van der Waals surface area contributed by atoms with E-state index in [9.17, 15) is 0 Å². The predicted molar refractivity (Wildman–Crippen MR) is 69.4 cm³/mol. The van der Waals surface area contributed by atoms with Crippen LogP contribution in [0.25, 0.3) is 0 Å². The number of hydrogen-bond donors (Lipinski definition) is 1. The molecule has 1 atom stereocenters. The molecule has 0 heterocycles. The quantitative estimate of drug-likeness (QED) is 0.858. The Morgan fingerprint density at radius 1 is 1.35 bits per heavy atom. The van der Waals surface area contributed by atoms with Gasteiger partial charge in [0, 0.05) is 12.6 Å². The van der Waals surface area contributed by atoms with Gasteiger partial charge >= 0.3 is 0 Å². The number of hydrogen-bond acceptors (Lipinski definition) is 2. The van der Waals surface area contributed by atoms with E-state index in [-0.39, 0.29) is 0 Å². The maximum Gasteiger partial charge on any atom is 0.0995 e. The Kier molecular flexibility index (Phi) is 4.17. The third-order valence-electron chi connectivity index (χ3n) is 3.86. The first-order chi connectivity index (χ1) is 8.31. The Hall–Kier alpha value is -1.33. The van der Waals surface area contributed by atoms with Gasteiger partial charge in [-0.1, -0.05) is 31.0 Å². The van der Waals surface area contributed by atoms with E-state index in [4.69, 9.17) is 5.26 Å². The van der Waals surface area contributed by atoms with Gasteiger partial charge in [0.15, 0.2) is 0 Å². The molecule has 1 fully saturated rings. The Balaban J connectivity index is 1.91. The summed E-state index contributed by atoms with van der Waals surface area (Å²) in [5.74, 6) is 0.823. The van der Waals surface area contributed by atoms with Gasteiger partial charge in [0.1, 0.15) is 0 Å². The standard InChI is InChI=1S/C15H20N2/c1-12(13-6-2-3-7-13)17-11-15-9-5-4-8-14(15)10-16/h4-5,8-9,12-13,17H,2-3,6-7,11H2,1H3. The molecule has 1 aliphatic rings. The molecule has 1 saturated carbocycles. The average Bonchev–Trinajstić information content (AvgIpc) is 2.90. The first-order valence-corrected chi connectivity index (χ1v) is 6.52. The number of rotatable bonds is 4. The summed E-state index contributed by atoms with van der Waals surface area (Å²) in [7, 11) is 0. The lowest BCUT2D eigenvalue weighted by atomic mass is 9.99. The van der Waals surface area contributed by atoms with E-state index in [0.29, 0.717) is 6.04 Å². The molecular formula is C15H20N2. The van der Waals surface area contributed by atoms with Gasteiger partial charge in [-0.25, -0.2) is 0 Å². The Morgan fingerprint density at radius 2 is 2.06 bits per heavy atom. The lowest BCUT2D eigenvalue weighted by Crippen LogP contribution is -2.31. The molecule has 2 rings (SSSR count). The number of nitriles is 1. The minimum atomic E-state index is 0.559. The summed E-state index contributed by atoms with van der Waals surface area (Å²) >= 11 is 0. The third-order valence-corrected chi connectivity index (χ3v) is 3.86. The van der Waals surface area contributed by atoms with Crippen LogP contribution >= 0.6 is 0 Å². The summed E-state index contributed by atoms with van der Waals surface area (Å²) in [4.78, 5) is 0. The van der Waals surface area contributed by atoms with Gasteiger partial charge in [-0.2, -0.15) is 5.26 Å². The summed E-state index contributed by atoms with van der Waals surface area (Å²) in [6, 6.07) is 10.6. The van der Waals surface area contributed by atoms with Crippen LogP contribution in [0.3, 0.4) is 0 Å². The van der Waals surface area contributed by atoms with Crippen LogP contribution < -0.4 is 5.32 Å². The summed E-state index contributed by atoms with van der Waals surface area (Å²) < 4.78 is 0. The SMILES string of the molecule is CC(NCc1ccccc1C#N)C1CCCC1. The molecule has 90 valence electrons. The van der Waals surface area contributed by atoms with Gasteiger partial charge in [0.2, 0.25) is 0 Å². The van der Waals surface area contributed by atoms with Crippen molar-refractivity contribution in [3.05, 3.63) is 35.4 Å². The first kappa shape index (κ1) is 12.1. The van der Waals surface area contributed by atoms with Crippen molar-refractivity contribution in [2.24, 2.45) is 5.92 Å². The summed E-state index contributed by atoms with van der Waals surface area (Å²) in [6.45, 7) is 3.08. The van der Waals surface area contributed by atoms with Crippen LogP contribution in [0, 0.1) is 17.2 Å². The van der Waals surface area contributed by atoms with Crippen molar-refractivity contribution in [2.75, 3.05) is 0 Å². The fourth-order valence-electron chi connectivity index (χ4n) is 2.68. The van der Waals surface area contributed by atoms with E-state index < -0.39 is 0 Å². The van der Waals surface area contributed by atoms with Crippen LogP contribution in [0.1, 0.15) is 43.7 Å². The fourth-order valence-corrected chi connectivity index (χ4v) is 2.68. The van der Waals surface area contributed by atoms with Crippen molar-refractivity contribution in [1.29, 1.82) is 5.26 Å². The molecule has 0 radical (unpaired) electrons. The van der Waals surface area contributed by atoms with E-state index in [0.717, 1.165) is 23.6 Å². The molecular weight excluding hydrogens is 208 g/mol. The number of benzene rings is 1. The summed E-state index contributed by atoms with van der Waals surface area (Å²) in [5.41, 5.74) is 1.90. The van der Waals surface area contributed by atoms with E-state index >= 15 is 0 Å². The number of nitrogens with one attached hydrogen (secondary N) is 1. The van der Waals surface area contributed by atoms with Crippen LogP contribution in [0.4, 0.5) is 0 Å². The van der Waals surface area contributed by atoms with E-state index in [1.807, 2.05) is 24.3 Å². The second kappa shape index (κ2) is 5.84. The Bertz CT molecular complexity index is 400. The molecule has 0 amide bonds. The van der Waals surface area contributed by atoms with Gasteiger partial charge < -0.3 is 5.32 Å². The Labute approximate surface area is 104 Å². The van der Waals surface area contributed by atoms with Crippen LogP contribution in [0.5, 0.6) is 0 Å². The smallest absolute Gasteiger partial charge is 0.0995 e. The van der Waals surface area contributed by atoms with Crippen molar-refractivity contribution in [3.8, 4) is 6.07 Å². The largest absolute Gasteiger partial charge is 0.310 e. The molecule has 1 unspecified atom stereocenters. The van der Waals surface area contributed by atoms with Crippen molar-refractivity contribution in [1.82, 2.24) is 5.32 Å². The molecule has 0 bridgehead atoms. The highest BCUT2D eigenvalue weighted by Crippen LogP contribution is 2.27. The zero-order valence-electron chi connectivity index (χ0n) is 10.4. The predicted octanol–water partition coefficient (Wildman–Crippen LogP) is 3.23. The zero-order chi connectivity index (χ0) is 12.1. The third kappa shape index (κ3) is 3.08. The van der Waals surface area contributed by atoms with Gasteiger partial charge in [-0.05, 0) is 37.3 Å². The van der Waals surface area contributed by atoms with Crippen molar-refractivity contribution < 1.29 is 0 Å². The van der Waals surface area contributed by atoms with Gasteiger partial charge in [-0.3, -0.25) is 0 Å². The lowest BCUT2D eigenvalue weighted by molar-refractivity contribution is 0.380. The molecule has 1 aliphatic carbocycles. The highest BCUT2D eigenvalue weighted by atomic mass is 14.9. The van der Waals surface area contributed by atoms with E-state index in [2.05, 4.69) is 18.3 Å². The highest BCUT2D eigenvalue weighted by molar-refractivity contribution is 5.37. The van der Waals surface area contributed by atoms with Crippen LogP contribution in [0.2, 0.25) is 0 Å². The van der Waals surface area contributed by atoms with Crippen LogP contribution in [-0.4, -0.2) is 6.04 Å². The lowest BCUT2D eigenvalue weighted by Gasteiger charge is -2.20. The Morgan fingerprint density at radius 3 is 2.76 bits per heavy atom. The number of nitrogens with zero attached hydrogens (tertiary/aromatic N) is 1.